The van der Waals surface area contributed by atoms with Gasteiger partial charge in [0, 0.05) is 29.4 Å². The normalized spacial score (nSPS) is 12.2. The minimum absolute atomic E-state index is 0.187. The van der Waals surface area contributed by atoms with Crippen molar-refractivity contribution in [1.82, 2.24) is 19.7 Å². The second kappa shape index (κ2) is 7.98. The van der Waals surface area contributed by atoms with Crippen LogP contribution in [0.1, 0.15) is 50.7 Å². The fourth-order valence-electron chi connectivity index (χ4n) is 2.65. The molecule has 3 aromatic rings. The van der Waals surface area contributed by atoms with E-state index >= 15 is 0 Å². The Morgan fingerprint density at radius 3 is 2.20 bits per heavy atom. The number of rotatable bonds is 5. The molecule has 3 rings (SSSR count). The van der Waals surface area contributed by atoms with Gasteiger partial charge in [0.25, 0.3) is 11.9 Å². The SMILES string of the molecule is CC(C)S(=O)(=O)c1ccc(C(=O)Nc2cc(C(C)(C)C)nn2-c2ncccn2)cc1. The monoisotopic (exact) mass is 427 g/mol. The van der Waals surface area contributed by atoms with E-state index in [2.05, 4.69) is 20.4 Å². The van der Waals surface area contributed by atoms with Gasteiger partial charge in [-0.05, 0) is 44.2 Å². The van der Waals surface area contributed by atoms with Gasteiger partial charge in [0.2, 0.25) is 0 Å². The van der Waals surface area contributed by atoms with Gasteiger partial charge in [0.15, 0.2) is 9.84 Å². The molecule has 0 fully saturated rings. The minimum Gasteiger partial charge on any atom is -0.306 e. The van der Waals surface area contributed by atoms with Crippen molar-refractivity contribution in [2.24, 2.45) is 0 Å². The van der Waals surface area contributed by atoms with Crippen LogP contribution in [0.4, 0.5) is 5.82 Å². The average Bonchev–Trinajstić information content (AvgIpc) is 3.13. The molecule has 0 atom stereocenters. The third-order valence-electron chi connectivity index (χ3n) is 4.53. The lowest BCUT2D eigenvalue weighted by molar-refractivity contribution is 0.102. The highest BCUT2D eigenvalue weighted by Crippen LogP contribution is 2.26. The van der Waals surface area contributed by atoms with Crippen LogP contribution in [0.15, 0.2) is 53.7 Å². The van der Waals surface area contributed by atoms with Gasteiger partial charge in [-0.1, -0.05) is 20.8 Å². The first-order valence-electron chi connectivity index (χ1n) is 9.53. The molecule has 0 aliphatic heterocycles. The molecule has 0 aliphatic rings. The fraction of sp³-hybridized carbons (Fsp3) is 0.333. The van der Waals surface area contributed by atoms with Crippen LogP contribution in [0.3, 0.4) is 0 Å². The predicted molar refractivity (Wildman–Crippen MR) is 115 cm³/mol. The van der Waals surface area contributed by atoms with E-state index in [-0.39, 0.29) is 16.2 Å². The van der Waals surface area contributed by atoms with Crippen LogP contribution in [0, 0.1) is 0 Å². The predicted octanol–water partition coefficient (Wildman–Crippen LogP) is 3.39. The number of sulfone groups is 1. The second-order valence-corrected chi connectivity index (χ2v) is 10.7. The Labute approximate surface area is 176 Å². The number of nitrogens with one attached hydrogen (secondary N) is 1. The molecule has 2 heterocycles. The number of hydrogen-bond donors (Lipinski definition) is 1. The van der Waals surface area contributed by atoms with Crippen molar-refractivity contribution in [2.75, 3.05) is 5.32 Å². The summed E-state index contributed by atoms with van der Waals surface area (Å²) in [7, 11) is -3.40. The number of hydrogen-bond acceptors (Lipinski definition) is 6. The lowest BCUT2D eigenvalue weighted by Gasteiger charge is -2.13. The summed E-state index contributed by atoms with van der Waals surface area (Å²) in [5.74, 6) is 0.373. The first-order chi connectivity index (χ1) is 14.0. The summed E-state index contributed by atoms with van der Waals surface area (Å²) in [4.78, 5) is 21.4. The van der Waals surface area contributed by atoms with Crippen LogP contribution in [-0.2, 0) is 15.3 Å². The molecule has 8 nitrogen and oxygen atoms in total. The second-order valence-electron chi connectivity index (χ2n) is 8.20. The fourth-order valence-corrected chi connectivity index (χ4v) is 3.71. The van der Waals surface area contributed by atoms with Crippen molar-refractivity contribution < 1.29 is 13.2 Å². The first-order valence-corrected chi connectivity index (χ1v) is 11.1. The number of benzene rings is 1. The quantitative estimate of drug-likeness (QED) is 0.669. The Hall–Kier alpha value is -3.07. The van der Waals surface area contributed by atoms with Gasteiger partial charge in [-0.25, -0.2) is 18.4 Å². The Bertz CT molecular complexity index is 1150. The highest BCUT2D eigenvalue weighted by Gasteiger charge is 2.23. The van der Waals surface area contributed by atoms with Gasteiger partial charge in [0.05, 0.1) is 15.8 Å². The molecular weight excluding hydrogens is 402 g/mol. The Morgan fingerprint density at radius 2 is 1.67 bits per heavy atom. The molecule has 9 heteroatoms. The minimum atomic E-state index is -3.40. The Balaban J connectivity index is 1.92. The molecule has 0 aliphatic carbocycles. The number of carbonyl (C=O) groups is 1. The molecule has 1 amide bonds. The maximum absolute atomic E-state index is 12.8. The lowest BCUT2D eigenvalue weighted by atomic mass is 9.92. The Morgan fingerprint density at radius 1 is 1.07 bits per heavy atom. The van der Waals surface area contributed by atoms with E-state index in [4.69, 9.17) is 0 Å². The van der Waals surface area contributed by atoms with E-state index in [1.54, 1.807) is 38.4 Å². The van der Waals surface area contributed by atoms with E-state index in [0.717, 1.165) is 5.69 Å². The van der Waals surface area contributed by atoms with Gasteiger partial charge < -0.3 is 5.32 Å². The zero-order chi connectivity index (χ0) is 22.1. The zero-order valence-corrected chi connectivity index (χ0v) is 18.4. The summed E-state index contributed by atoms with van der Waals surface area (Å²) >= 11 is 0. The molecule has 1 aromatic carbocycles. The number of amides is 1. The van der Waals surface area contributed by atoms with E-state index in [9.17, 15) is 13.2 Å². The van der Waals surface area contributed by atoms with E-state index < -0.39 is 15.1 Å². The summed E-state index contributed by atoms with van der Waals surface area (Å²) in [6, 6.07) is 9.36. The van der Waals surface area contributed by atoms with Gasteiger partial charge >= 0.3 is 0 Å². The number of carbonyl (C=O) groups excluding carboxylic acids is 1. The molecule has 30 heavy (non-hydrogen) atoms. The van der Waals surface area contributed by atoms with E-state index in [0.29, 0.717) is 17.3 Å². The van der Waals surface area contributed by atoms with Crippen LogP contribution in [0.5, 0.6) is 0 Å². The van der Waals surface area contributed by atoms with Crippen molar-refractivity contribution in [3.05, 3.63) is 60.0 Å². The largest absolute Gasteiger partial charge is 0.306 e. The van der Waals surface area contributed by atoms with Crippen LogP contribution in [-0.4, -0.2) is 39.3 Å². The third-order valence-corrected chi connectivity index (χ3v) is 6.70. The molecule has 1 N–H and O–H groups in total. The van der Waals surface area contributed by atoms with E-state index in [1.807, 2.05) is 20.8 Å². The molecule has 2 aromatic heterocycles. The van der Waals surface area contributed by atoms with Crippen molar-refractivity contribution in [3.8, 4) is 5.95 Å². The molecule has 0 unspecified atom stereocenters. The van der Waals surface area contributed by atoms with Crippen LogP contribution < -0.4 is 5.32 Å². The van der Waals surface area contributed by atoms with Crippen molar-refractivity contribution in [3.63, 3.8) is 0 Å². The van der Waals surface area contributed by atoms with Crippen molar-refractivity contribution >= 4 is 21.6 Å². The van der Waals surface area contributed by atoms with E-state index in [1.165, 1.54) is 28.9 Å². The smallest absolute Gasteiger partial charge is 0.256 e. The molecule has 0 radical (unpaired) electrons. The standard InChI is InChI=1S/C21H25N5O3S/c1-14(2)30(28,29)16-9-7-15(8-10-16)19(27)24-18-13-17(21(3,4)5)25-26(18)20-22-11-6-12-23-20/h6-14H,1-5H3,(H,24,27). The summed E-state index contributed by atoms with van der Waals surface area (Å²) < 4.78 is 26.0. The summed E-state index contributed by atoms with van der Waals surface area (Å²) in [5, 5.41) is 6.86. The summed E-state index contributed by atoms with van der Waals surface area (Å²) in [5.41, 5.74) is 0.854. The maximum Gasteiger partial charge on any atom is 0.256 e. The van der Waals surface area contributed by atoms with Crippen molar-refractivity contribution in [2.45, 2.75) is 50.2 Å². The van der Waals surface area contributed by atoms with Gasteiger partial charge in [0.1, 0.15) is 5.82 Å². The first kappa shape index (κ1) is 21.6. The van der Waals surface area contributed by atoms with Crippen LogP contribution in [0.2, 0.25) is 0 Å². The highest BCUT2D eigenvalue weighted by atomic mass is 32.2. The number of nitrogens with zero attached hydrogens (tertiary/aromatic N) is 4. The summed E-state index contributed by atoms with van der Waals surface area (Å²) in [6.07, 6.45) is 3.19. The van der Waals surface area contributed by atoms with Gasteiger partial charge in [-0.2, -0.15) is 9.78 Å². The topological polar surface area (TPSA) is 107 Å². The Kier molecular flexibility index (Phi) is 5.76. The summed E-state index contributed by atoms with van der Waals surface area (Å²) in [6.45, 7) is 9.30. The molecular formula is C21H25N5O3S. The van der Waals surface area contributed by atoms with Gasteiger partial charge in [-0.15, -0.1) is 0 Å². The molecule has 0 bridgehead atoms. The van der Waals surface area contributed by atoms with Crippen molar-refractivity contribution in [1.29, 1.82) is 0 Å². The average molecular weight is 428 g/mol. The van der Waals surface area contributed by atoms with Crippen LogP contribution in [0.25, 0.3) is 5.95 Å². The number of anilines is 1. The number of aromatic nitrogens is 4. The molecule has 158 valence electrons. The third kappa shape index (κ3) is 4.40. The maximum atomic E-state index is 12.8. The van der Waals surface area contributed by atoms with Crippen LogP contribution >= 0.6 is 0 Å². The highest BCUT2D eigenvalue weighted by molar-refractivity contribution is 7.92. The molecule has 0 saturated carbocycles. The molecule has 0 spiro atoms. The lowest BCUT2D eigenvalue weighted by Crippen LogP contribution is -2.17. The zero-order valence-electron chi connectivity index (χ0n) is 17.6. The van der Waals surface area contributed by atoms with Gasteiger partial charge in [-0.3, -0.25) is 4.79 Å². The molecule has 0 saturated heterocycles.